The highest BCUT2D eigenvalue weighted by molar-refractivity contribution is 5.80. The smallest absolute Gasteiger partial charge is 0.236 e. The highest BCUT2D eigenvalue weighted by atomic mass is 16.5. The van der Waals surface area contributed by atoms with Gasteiger partial charge in [-0.15, -0.1) is 0 Å². The van der Waals surface area contributed by atoms with Crippen LogP contribution in [0.2, 0.25) is 0 Å². The van der Waals surface area contributed by atoms with Crippen molar-refractivity contribution in [3.8, 4) is 0 Å². The van der Waals surface area contributed by atoms with E-state index in [2.05, 4.69) is 10.6 Å². The molecule has 86 valence electrons. The molecule has 2 rings (SSSR count). The highest BCUT2D eigenvalue weighted by Crippen LogP contribution is 2.38. The monoisotopic (exact) mass is 212 g/mol. The van der Waals surface area contributed by atoms with Crippen molar-refractivity contribution in [3.05, 3.63) is 0 Å². The second-order valence-electron chi connectivity index (χ2n) is 4.57. The van der Waals surface area contributed by atoms with Crippen molar-refractivity contribution in [1.29, 1.82) is 0 Å². The zero-order valence-electron chi connectivity index (χ0n) is 9.45. The number of likely N-dealkylation sites (N-methyl/N-ethyl adjacent to an activating group) is 1. The number of ether oxygens (including phenoxy) is 1. The molecule has 3 atom stereocenters. The van der Waals surface area contributed by atoms with E-state index in [4.69, 9.17) is 4.74 Å². The second kappa shape index (κ2) is 4.49. The summed E-state index contributed by atoms with van der Waals surface area (Å²) in [6, 6.07) is 0.243. The molecule has 0 aromatic heterocycles. The molecule has 2 aliphatic rings. The Hall–Kier alpha value is -0.610. The molecule has 3 unspecified atom stereocenters. The standard InChI is InChI=1S/C11H20N2O2/c1-7(11(14)12-2)13-9-5-6-15-10(9)8-3-4-8/h7-10,13H,3-6H2,1-2H3,(H,12,14). The van der Waals surface area contributed by atoms with Crippen LogP contribution in [-0.4, -0.2) is 37.7 Å². The van der Waals surface area contributed by atoms with Gasteiger partial charge in [0.1, 0.15) is 0 Å². The van der Waals surface area contributed by atoms with Crippen LogP contribution >= 0.6 is 0 Å². The Bertz CT molecular complexity index is 241. The molecule has 0 bridgehead atoms. The molecule has 1 saturated carbocycles. The molecule has 4 nitrogen and oxygen atoms in total. The number of rotatable bonds is 4. The summed E-state index contributed by atoms with van der Waals surface area (Å²) in [6.07, 6.45) is 3.95. The van der Waals surface area contributed by atoms with Gasteiger partial charge in [0, 0.05) is 19.7 Å². The number of hydrogen-bond acceptors (Lipinski definition) is 3. The fourth-order valence-corrected chi connectivity index (χ4v) is 2.29. The minimum Gasteiger partial charge on any atom is -0.376 e. The minimum absolute atomic E-state index is 0.0523. The van der Waals surface area contributed by atoms with Crippen molar-refractivity contribution < 1.29 is 9.53 Å². The maximum absolute atomic E-state index is 11.4. The van der Waals surface area contributed by atoms with Crippen molar-refractivity contribution in [3.63, 3.8) is 0 Å². The lowest BCUT2D eigenvalue weighted by Gasteiger charge is -2.22. The van der Waals surface area contributed by atoms with Crippen LogP contribution < -0.4 is 10.6 Å². The van der Waals surface area contributed by atoms with Crippen molar-refractivity contribution in [2.24, 2.45) is 5.92 Å². The van der Waals surface area contributed by atoms with E-state index in [0.29, 0.717) is 12.1 Å². The first-order chi connectivity index (χ1) is 7.22. The van der Waals surface area contributed by atoms with E-state index >= 15 is 0 Å². The molecule has 0 radical (unpaired) electrons. The van der Waals surface area contributed by atoms with Gasteiger partial charge in [0.2, 0.25) is 5.91 Å². The van der Waals surface area contributed by atoms with Crippen molar-refractivity contribution in [2.45, 2.75) is 44.4 Å². The molecule has 1 heterocycles. The fraction of sp³-hybridized carbons (Fsp3) is 0.909. The van der Waals surface area contributed by atoms with Gasteiger partial charge in [0.15, 0.2) is 0 Å². The van der Waals surface area contributed by atoms with Gasteiger partial charge in [-0.05, 0) is 32.1 Å². The summed E-state index contributed by atoms with van der Waals surface area (Å²) < 4.78 is 5.71. The lowest BCUT2D eigenvalue weighted by molar-refractivity contribution is -0.122. The maximum atomic E-state index is 11.4. The largest absolute Gasteiger partial charge is 0.376 e. The summed E-state index contributed by atoms with van der Waals surface area (Å²) in [5.41, 5.74) is 0. The van der Waals surface area contributed by atoms with E-state index in [0.717, 1.165) is 18.9 Å². The van der Waals surface area contributed by atoms with Crippen LogP contribution in [0.4, 0.5) is 0 Å². The predicted molar refractivity (Wildman–Crippen MR) is 57.5 cm³/mol. The molecule has 4 heteroatoms. The Morgan fingerprint density at radius 2 is 2.13 bits per heavy atom. The summed E-state index contributed by atoms with van der Waals surface area (Å²) in [7, 11) is 1.67. The quantitative estimate of drug-likeness (QED) is 0.703. The summed E-state index contributed by atoms with van der Waals surface area (Å²) in [6.45, 7) is 2.74. The van der Waals surface area contributed by atoms with Gasteiger partial charge in [-0.25, -0.2) is 0 Å². The molecule has 1 aliphatic carbocycles. The normalized spacial score (nSPS) is 32.7. The predicted octanol–water partition coefficient (Wildman–Crippen LogP) is 0.278. The van der Waals surface area contributed by atoms with E-state index in [9.17, 15) is 4.79 Å². The molecule has 0 aromatic carbocycles. The molecule has 1 amide bonds. The first-order valence-corrected chi connectivity index (χ1v) is 5.81. The zero-order valence-corrected chi connectivity index (χ0v) is 9.45. The third kappa shape index (κ3) is 2.49. The van der Waals surface area contributed by atoms with Gasteiger partial charge in [0.05, 0.1) is 12.1 Å². The van der Waals surface area contributed by atoms with Gasteiger partial charge >= 0.3 is 0 Å². The highest BCUT2D eigenvalue weighted by Gasteiger charge is 2.41. The summed E-state index contributed by atoms with van der Waals surface area (Å²) in [5, 5.41) is 6.02. The molecule has 2 N–H and O–H groups in total. The Morgan fingerprint density at radius 3 is 2.73 bits per heavy atom. The number of nitrogens with one attached hydrogen (secondary N) is 2. The Kier molecular flexibility index (Phi) is 3.26. The topological polar surface area (TPSA) is 50.4 Å². The minimum atomic E-state index is -0.122. The van der Waals surface area contributed by atoms with Crippen LogP contribution in [0.15, 0.2) is 0 Å². The number of amides is 1. The zero-order chi connectivity index (χ0) is 10.8. The average molecular weight is 212 g/mol. The van der Waals surface area contributed by atoms with Gasteiger partial charge in [-0.3, -0.25) is 4.79 Å². The Balaban J connectivity index is 1.84. The number of carbonyl (C=O) groups excluding carboxylic acids is 1. The molecule has 0 spiro atoms. The van der Waals surface area contributed by atoms with Crippen LogP contribution in [0.3, 0.4) is 0 Å². The molecule has 2 fully saturated rings. The van der Waals surface area contributed by atoms with Crippen molar-refractivity contribution in [2.75, 3.05) is 13.7 Å². The Morgan fingerprint density at radius 1 is 1.40 bits per heavy atom. The van der Waals surface area contributed by atoms with Crippen molar-refractivity contribution >= 4 is 5.91 Å². The molecule has 15 heavy (non-hydrogen) atoms. The SMILES string of the molecule is CNC(=O)C(C)NC1CCOC1C1CC1. The molecular formula is C11H20N2O2. The molecular weight excluding hydrogens is 192 g/mol. The van der Waals surface area contributed by atoms with E-state index in [1.54, 1.807) is 7.05 Å². The average Bonchev–Trinajstić information content (AvgIpc) is 2.99. The first kappa shape index (κ1) is 10.9. The van der Waals surface area contributed by atoms with Crippen LogP contribution in [0.1, 0.15) is 26.2 Å². The third-order valence-electron chi connectivity index (χ3n) is 3.33. The van der Waals surface area contributed by atoms with Gasteiger partial charge in [0.25, 0.3) is 0 Å². The molecule has 0 aromatic rings. The third-order valence-corrected chi connectivity index (χ3v) is 3.33. The summed E-state index contributed by atoms with van der Waals surface area (Å²) in [4.78, 5) is 11.4. The van der Waals surface area contributed by atoms with E-state index in [1.807, 2.05) is 6.92 Å². The van der Waals surface area contributed by atoms with E-state index < -0.39 is 0 Å². The maximum Gasteiger partial charge on any atom is 0.236 e. The first-order valence-electron chi connectivity index (χ1n) is 5.81. The fourth-order valence-electron chi connectivity index (χ4n) is 2.29. The van der Waals surface area contributed by atoms with Gasteiger partial charge in [-0.1, -0.05) is 0 Å². The van der Waals surface area contributed by atoms with E-state index in [1.165, 1.54) is 12.8 Å². The van der Waals surface area contributed by atoms with Gasteiger partial charge in [-0.2, -0.15) is 0 Å². The Labute approximate surface area is 90.8 Å². The van der Waals surface area contributed by atoms with Crippen LogP contribution in [0.25, 0.3) is 0 Å². The molecule has 1 aliphatic heterocycles. The molecule has 1 saturated heterocycles. The number of hydrogen-bond donors (Lipinski definition) is 2. The lowest BCUT2D eigenvalue weighted by atomic mass is 10.1. The van der Waals surface area contributed by atoms with Crippen molar-refractivity contribution in [1.82, 2.24) is 10.6 Å². The summed E-state index contributed by atoms with van der Waals surface area (Å²) in [5.74, 6) is 0.790. The van der Waals surface area contributed by atoms with Crippen LogP contribution in [-0.2, 0) is 9.53 Å². The summed E-state index contributed by atoms with van der Waals surface area (Å²) >= 11 is 0. The second-order valence-corrected chi connectivity index (χ2v) is 4.57. The number of carbonyl (C=O) groups is 1. The lowest BCUT2D eigenvalue weighted by Crippen LogP contribution is -2.48. The van der Waals surface area contributed by atoms with E-state index in [-0.39, 0.29) is 11.9 Å². The van der Waals surface area contributed by atoms with Crippen LogP contribution in [0, 0.1) is 5.92 Å². The van der Waals surface area contributed by atoms with Gasteiger partial charge < -0.3 is 15.4 Å². The van der Waals surface area contributed by atoms with Crippen LogP contribution in [0.5, 0.6) is 0 Å².